The van der Waals surface area contributed by atoms with Gasteiger partial charge < -0.3 is 4.74 Å². The van der Waals surface area contributed by atoms with E-state index in [4.69, 9.17) is 11.3 Å². The molecule has 3 atom stereocenters. The highest BCUT2D eigenvalue weighted by molar-refractivity contribution is 5.90. The Hall–Kier alpha value is -1.82. The number of carbonyl (C=O) groups excluding carboxylic acids is 1. The van der Waals surface area contributed by atoms with E-state index in [2.05, 4.69) is 25.6 Å². The van der Waals surface area contributed by atoms with Crippen LogP contribution in [0.1, 0.15) is 50.4 Å². The van der Waals surface area contributed by atoms with Gasteiger partial charge in [0.15, 0.2) is 5.69 Å². The first-order valence-electron chi connectivity index (χ1n) is 7.69. The average molecular weight is 285 g/mol. The van der Waals surface area contributed by atoms with E-state index in [-0.39, 0.29) is 12.1 Å². The molecule has 1 saturated carbocycles. The van der Waals surface area contributed by atoms with Crippen LogP contribution in [-0.4, -0.2) is 12.1 Å². The molecule has 0 heterocycles. The second kappa shape index (κ2) is 6.76. The van der Waals surface area contributed by atoms with Crippen LogP contribution in [0.5, 0.6) is 0 Å². The van der Waals surface area contributed by atoms with Gasteiger partial charge in [0, 0.05) is 0 Å². The van der Waals surface area contributed by atoms with Crippen molar-refractivity contribution >= 4 is 11.7 Å². The van der Waals surface area contributed by atoms with Crippen LogP contribution < -0.4 is 0 Å². The van der Waals surface area contributed by atoms with Gasteiger partial charge in [-0.2, -0.15) is 0 Å². The maximum Gasteiger partial charge on any atom is 0.338 e. The zero-order valence-electron chi connectivity index (χ0n) is 13.0. The lowest BCUT2D eigenvalue weighted by molar-refractivity contribution is -0.0174. The van der Waals surface area contributed by atoms with E-state index in [0.29, 0.717) is 29.0 Å². The van der Waals surface area contributed by atoms with E-state index in [1.165, 1.54) is 6.42 Å². The monoisotopic (exact) mass is 285 g/mol. The van der Waals surface area contributed by atoms with Crippen molar-refractivity contribution in [1.82, 2.24) is 0 Å². The van der Waals surface area contributed by atoms with Crippen LogP contribution in [0.3, 0.4) is 0 Å². The first-order chi connectivity index (χ1) is 10.0. The maximum atomic E-state index is 12.3. The molecule has 1 aromatic rings. The van der Waals surface area contributed by atoms with Crippen molar-refractivity contribution in [2.75, 3.05) is 0 Å². The summed E-state index contributed by atoms with van der Waals surface area (Å²) in [5.74, 6) is 1.33. The zero-order chi connectivity index (χ0) is 15.4. The minimum absolute atomic E-state index is 0.0155. The highest BCUT2D eigenvalue weighted by Gasteiger charge is 2.33. The fourth-order valence-corrected chi connectivity index (χ4v) is 3.13. The van der Waals surface area contributed by atoms with Gasteiger partial charge in [0.25, 0.3) is 0 Å². The Morgan fingerprint density at radius 1 is 1.29 bits per heavy atom. The Morgan fingerprint density at radius 3 is 2.52 bits per heavy atom. The molecule has 21 heavy (non-hydrogen) atoms. The Bertz CT molecular complexity index is 527. The van der Waals surface area contributed by atoms with Crippen LogP contribution in [0, 0.1) is 24.3 Å². The third-order valence-corrected chi connectivity index (χ3v) is 4.45. The van der Waals surface area contributed by atoms with Crippen molar-refractivity contribution in [1.29, 1.82) is 0 Å². The molecule has 1 aliphatic rings. The van der Waals surface area contributed by atoms with Crippen molar-refractivity contribution in [3.63, 3.8) is 0 Å². The Balaban J connectivity index is 2.07. The lowest BCUT2D eigenvalue weighted by Crippen LogP contribution is -2.35. The number of rotatable bonds is 3. The molecule has 0 N–H and O–H groups in total. The van der Waals surface area contributed by atoms with Crippen LogP contribution in [0.25, 0.3) is 4.85 Å². The molecule has 1 aromatic carbocycles. The highest BCUT2D eigenvalue weighted by Crippen LogP contribution is 2.35. The smallest absolute Gasteiger partial charge is 0.338 e. The van der Waals surface area contributed by atoms with Crippen molar-refractivity contribution in [3.8, 4) is 0 Å². The van der Waals surface area contributed by atoms with Crippen LogP contribution in [0.15, 0.2) is 24.3 Å². The topological polar surface area (TPSA) is 30.7 Å². The molecule has 112 valence electrons. The molecule has 3 nitrogen and oxygen atoms in total. The summed E-state index contributed by atoms with van der Waals surface area (Å²) in [5, 5.41) is 0. The fourth-order valence-electron chi connectivity index (χ4n) is 3.13. The minimum atomic E-state index is -0.267. The second-order valence-corrected chi connectivity index (χ2v) is 6.43. The molecule has 0 aromatic heterocycles. The summed E-state index contributed by atoms with van der Waals surface area (Å²) in [5.41, 5.74) is 1.07. The number of carbonyl (C=O) groups is 1. The molecule has 0 saturated heterocycles. The molecule has 2 rings (SSSR count). The largest absolute Gasteiger partial charge is 0.458 e. The van der Waals surface area contributed by atoms with E-state index in [1.807, 2.05) is 0 Å². The number of esters is 1. The molecule has 0 spiro atoms. The van der Waals surface area contributed by atoms with Crippen molar-refractivity contribution in [3.05, 3.63) is 41.2 Å². The van der Waals surface area contributed by atoms with E-state index in [9.17, 15) is 4.79 Å². The van der Waals surface area contributed by atoms with Crippen LogP contribution in [0.2, 0.25) is 0 Å². The van der Waals surface area contributed by atoms with Gasteiger partial charge in [-0.1, -0.05) is 51.5 Å². The van der Waals surface area contributed by atoms with Gasteiger partial charge in [0.1, 0.15) is 6.10 Å². The molecule has 1 aliphatic carbocycles. The SMILES string of the molecule is [C-]#[N+]c1ccc(C(=O)O[C@@H]2C[C@@H](C)CC[C@H]2C(C)C)cc1. The van der Waals surface area contributed by atoms with Gasteiger partial charge in [0.05, 0.1) is 12.1 Å². The van der Waals surface area contributed by atoms with E-state index < -0.39 is 0 Å². The summed E-state index contributed by atoms with van der Waals surface area (Å²) < 4.78 is 5.78. The molecule has 0 aliphatic heterocycles. The van der Waals surface area contributed by atoms with Crippen molar-refractivity contribution in [2.24, 2.45) is 17.8 Å². The predicted molar refractivity (Wildman–Crippen MR) is 83.3 cm³/mol. The van der Waals surface area contributed by atoms with E-state index in [0.717, 1.165) is 12.8 Å². The van der Waals surface area contributed by atoms with Crippen LogP contribution in [-0.2, 0) is 4.74 Å². The standard InChI is InChI=1S/C18H23NO2/c1-12(2)16-10-5-13(3)11-17(16)21-18(20)14-6-8-15(19-4)9-7-14/h6-9,12-13,16-17H,5,10-11H2,1-3H3/t13-,16-,17+/m0/s1. The number of ether oxygens (including phenoxy) is 1. The Kier molecular flexibility index (Phi) is 5.01. The lowest BCUT2D eigenvalue weighted by atomic mass is 9.75. The Morgan fingerprint density at radius 2 is 1.95 bits per heavy atom. The maximum absolute atomic E-state index is 12.3. The van der Waals surface area contributed by atoms with E-state index in [1.54, 1.807) is 24.3 Å². The number of hydrogen-bond donors (Lipinski definition) is 0. The predicted octanol–water partition coefficient (Wildman–Crippen LogP) is 4.85. The fraction of sp³-hybridized carbons (Fsp3) is 0.556. The molecule has 0 unspecified atom stereocenters. The number of nitrogens with zero attached hydrogens (tertiary/aromatic N) is 1. The molecular weight excluding hydrogens is 262 g/mol. The third kappa shape index (κ3) is 3.85. The van der Waals surface area contributed by atoms with E-state index >= 15 is 0 Å². The van der Waals surface area contributed by atoms with Gasteiger partial charge in [-0.15, -0.1) is 0 Å². The zero-order valence-corrected chi connectivity index (χ0v) is 13.0. The minimum Gasteiger partial charge on any atom is -0.458 e. The molecule has 0 amide bonds. The van der Waals surface area contributed by atoms with Crippen LogP contribution in [0.4, 0.5) is 5.69 Å². The third-order valence-electron chi connectivity index (χ3n) is 4.45. The number of hydrogen-bond acceptors (Lipinski definition) is 2. The van der Waals surface area contributed by atoms with Gasteiger partial charge in [-0.05, 0) is 30.6 Å². The van der Waals surface area contributed by atoms with Gasteiger partial charge in [0.2, 0.25) is 0 Å². The summed E-state index contributed by atoms with van der Waals surface area (Å²) in [6.07, 6.45) is 3.32. The molecule has 0 bridgehead atoms. The normalized spacial score (nSPS) is 25.4. The lowest BCUT2D eigenvalue weighted by Gasteiger charge is -2.36. The second-order valence-electron chi connectivity index (χ2n) is 6.43. The van der Waals surface area contributed by atoms with Crippen LogP contribution >= 0.6 is 0 Å². The molecule has 3 heteroatoms. The summed E-state index contributed by atoms with van der Waals surface area (Å²) in [4.78, 5) is 15.6. The van der Waals surface area contributed by atoms with Gasteiger partial charge in [-0.25, -0.2) is 9.64 Å². The quantitative estimate of drug-likeness (QED) is 0.587. The van der Waals surface area contributed by atoms with Gasteiger partial charge in [-0.3, -0.25) is 0 Å². The first-order valence-corrected chi connectivity index (χ1v) is 7.69. The molecular formula is C18H23NO2. The summed E-state index contributed by atoms with van der Waals surface area (Å²) >= 11 is 0. The molecule has 0 radical (unpaired) electrons. The molecule has 1 fully saturated rings. The summed E-state index contributed by atoms with van der Waals surface area (Å²) in [6.45, 7) is 13.6. The van der Waals surface area contributed by atoms with Crippen molar-refractivity contribution in [2.45, 2.75) is 46.1 Å². The average Bonchev–Trinajstić information content (AvgIpc) is 2.47. The number of benzene rings is 1. The summed E-state index contributed by atoms with van der Waals surface area (Å²) in [6, 6.07) is 6.67. The van der Waals surface area contributed by atoms with Crippen molar-refractivity contribution < 1.29 is 9.53 Å². The van der Waals surface area contributed by atoms with Gasteiger partial charge >= 0.3 is 5.97 Å². The highest BCUT2D eigenvalue weighted by atomic mass is 16.5. The first kappa shape index (κ1) is 15.6. The Labute approximate surface area is 127 Å². The summed E-state index contributed by atoms with van der Waals surface area (Å²) in [7, 11) is 0.